The zero-order chi connectivity index (χ0) is 17.9. The molecule has 26 heavy (non-hydrogen) atoms. The van der Waals surface area contributed by atoms with Crippen LogP contribution in [-0.2, 0) is 16.1 Å². The van der Waals surface area contributed by atoms with E-state index in [1.807, 2.05) is 13.1 Å². The molecule has 2 rings (SSSR count). The summed E-state index contributed by atoms with van der Waals surface area (Å²) in [6.45, 7) is 10.2. The van der Waals surface area contributed by atoms with Crippen LogP contribution in [0.15, 0.2) is 35.3 Å². The topological polar surface area (TPSA) is 46.1 Å². The highest BCUT2D eigenvalue weighted by Crippen LogP contribution is 2.17. The Labute approximate surface area is 175 Å². The van der Waals surface area contributed by atoms with E-state index >= 15 is 0 Å². The molecule has 1 atom stereocenters. The number of likely N-dealkylation sites (tertiary alicyclic amines) is 1. The molecular weight excluding hydrogens is 441 g/mol. The monoisotopic (exact) mass is 475 g/mol. The predicted octanol–water partition coefficient (Wildman–Crippen LogP) is 3.39. The van der Waals surface area contributed by atoms with Crippen molar-refractivity contribution >= 4 is 29.9 Å². The molecule has 0 amide bonds. The molecule has 0 radical (unpaired) electrons. The van der Waals surface area contributed by atoms with Gasteiger partial charge in [0.15, 0.2) is 5.96 Å². The molecule has 1 aliphatic heterocycles. The summed E-state index contributed by atoms with van der Waals surface area (Å²) in [5, 5.41) is 3.40. The molecule has 1 aliphatic rings. The van der Waals surface area contributed by atoms with Gasteiger partial charge in [-0.2, -0.15) is 0 Å². The minimum absolute atomic E-state index is 0. The van der Waals surface area contributed by atoms with Crippen LogP contribution in [0.1, 0.15) is 25.8 Å². The van der Waals surface area contributed by atoms with Crippen molar-refractivity contribution in [3.05, 3.63) is 35.9 Å². The first-order chi connectivity index (χ1) is 12.2. The Balaban J connectivity index is 0.00000338. The Hall–Kier alpha value is -0.860. The lowest BCUT2D eigenvalue weighted by molar-refractivity contribution is 0.0906. The highest BCUT2D eigenvalue weighted by Gasteiger charge is 2.24. The first-order valence-electron chi connectivity index (χ1n) is 9.34. The summed E-state index contributed by atoms with van der Waals surface area (Å²) in [7, 11) is 1.84. The van der Waals surface area contributed by atoms with E-state index in [4.69, 9.17) is 9.47 Å². The van der Waals surface area contributed by atoms with Crippen LogP contribution >= 0.6 is 24.0 Å². The van der Waals surface area contributed by atoms with Crippen molar-refractivity contribution < 1.29 is 9.47 Å². The molecule has 0 spiro atoms. The van der Waals surface area contributed by atoms with Gasteiger partial charge in [0.25, 0.3) is 0 Å². The maximum absolute atomic E-state index is 5.89. The van der Waals surface area contributed by atoms with Crippen LogP contribution in [0.2, 0.25) is 0 Å². The SMILES string of the molecule is CN=C(NCCOCC(C)C)N1CCC(COCc2ccccc2)C1.I. The van der Waals surface area contributed by atoms with Crippen LogP contribution in [-0.4, -0.2) is 57.4 Å². The van der Waals surface area contributed by atoms with Crippen molar-refractivity contribution in [2.24, 2.45) is 16.8 Å². The Bertz CT molecular complexity index is 511. The van der Waals surface area contributed by atoms with E-state index in [2.05, 4.69) is 53.3 Å². The van der Waals surface area contributed by atoms with E-state index in [1.165, 1.54) is 5.56 Å². The largest absolute Gasteiger partial charge is 0.379 e. The Kier molecular flexibility index (Phi) is 11.9. The average Bonchev–Trinajstić information content (AvgIpc) is 3.07. The molecule has 0 aliphatic carbocycles. The van der Waals surface area contributed by atoms with E-state index in [-0.39, 0.29) is 24.0 Å². The molecule has 1 unspecified atom stereocenters. The number of nitrogens with one attached hydrogen (secondary N) is 1. The Morgan fingerprint density at radius 2 is 2.04 bits per heavy atom. The van der Waals surface area contributed by atoms with Crippen LogP contribution in [0.5, 0.6) is 0 Å². The third-order valence-corrected chi connectivity index (χ3v) is 4.24. The zero-order valence-electron chi connectivity index (χ0n) is 16.3. The summed E-state index contributed by atoms with van der Waals surface area (Å²) >= 11 is 0. The summed E-state index contributed by atoms with van der Waals surface area (Å²) in [5.74, 6) is 2.12. The Morgan fingerprint density at radius 1 is 1.27 bits per heavy atom. The van der Waals surface area contributed by atoms with Crippen molar-refractivity contribution in [2.45, 2.75) is 26.9 Å². The van der Waals surface area contributed by atoms with E-state index in [1.54, 1.807) is 0 Å². The molecule has 0 bridgehead atoms. The zero-order valence-corrected chi connectivity index (χ0v) is 18.6. The molecular formula is C20H34IN3O2. The highest BCUT2D eigenvalue weighted by molar-refractivity contribution is 14.0. The van der Waals surface area contributed by atoms with E-state index in [0.717, 1.165) is 45.2 Å². The summed E-state index contributed by atoms with van der Waals surface area (Å²) in [5.41, 5.74) is 1.23. The van der Waals surface area contributed by atoms with Crippen LogP contribution in [0.4, 0.5) is 0 Å². The summed E-state index contributed by atoms with van der Waals surface area (Å²) in [6, 6.07) is 10.3. The second-order valence-electron chi connectivity index (χ2n) is 7.04. The fourth-order valence-electron chi connectivity index (χ4n) is 2.97. The van der Waals surface area contributed by atoms with Gasteiger partial charge in [0.1, 0.15) is 0 Å². The predicted molar refractivity (Wildman–Crippen MR) is 118 cm³/mol. The second kappa shape index (κ2) is 13.3. The van der Waals surface area contributed by atoms with Gasteiger partial charge in [0, 0.05) is 39.2 Å². The molecule has 1 aromatic rings. The maximum atomic E-state index is 5.89. The molecule has 1 N–H and O–H groups in total. The standard InChI is InChI=1S/C20H33N3O2.HI/c1-17(2)14-24-12-10-22-20(21-3)23-11-9-19(13-23)16-25-15-18-7-5-4-6-8-18;/h4-8,17,19H,9-16H2,1-3H3,(H,21,22);1H. The third kappa shape index (κ3) is 8.68. The van der Waals surface area contributed by atoms with Crippen molar-refractivity contribution in [3.63, 3.8) is 0 Å². The maximum Gasteiger partial charge on any atom is 0.193 e. The van der Waals surface area contributed by atoms with Gasteiger partial charge in [-0.25, -0.2) is 0 Å². The van der Waals surface area contributed by atoms with Gasteiger partial charge in [0.05, 0.1) is 19.8 Å². The van der Waals surface area contributed by atoms with Crippen molar-refractivity contribution in [2.75, 3.05) is 46.5 Å². The summed E-state index contributed by atoms with van der Waals surface area (Å²) in [6.07, 6.45) is 1.15. The highest BCUT2D eigenvalue weighted by atomic mass is 127. The van der Waals surface area contributed by atoms with Gasteiger partial charge in [-0.05, 0) is 17.9 Å². The van der Waals surface area contributed by atoms with Gasteiger partial charge in [0.2, 0.25) is 0 Å². The van der Waals surface area contributed by atoms with Gasteiger partial charge >= 0.3 is 0 Å². The molecule has 148 valence electrons. The lowest BCUT2D eigenvalue weighted by atomic mass is 10.1. The smallest absolute Gasteiger partial charge is 0.193 e. The molecule has 0 aromatic heterocycles. The first-order valence-corrected chi connectivity index (χ1v) is 9.34. The number of guanidine groups is 1. The second-order valence-corrected chi connectivity index (χ2v) is 7.04. The summed E-state index contributed by atoms with van der Waals surface area (Å²) < 4.78 is 11.5. The minimum Gasteiger partial charge on any atom is -0.379 e. The van der Waals surface area contributed by atoms with Crippen molar-refractivity contribution in [1.82, 2.24) is 10.2 Å². The van der Waals surface area contributed by atoms with Crippen LogP contribution < -0.4 is 5.32 Å². The van der Waals surface area contributed by atoms with Gasteiger partial charge in [-0.15, -0.1) is 24.0 Å². The average molecular weight is 475 g/mol. The van der Waals surface area contributed by atoms with Crippen molar-refractivity contribution in [3.8, 4) is 0 Å². The van der Waals surface area contributed by atoms with Gasteiger partial charge in [-0.1, -0.05) is 44.2 Å². The van der Waals surface area contributed by atoms with Crippen LogP contribution in [0, 0.1) is 11.8 Å². The number of hydrogen-bond acceptors (Lipinski definition) is 3. The quantitative estimate of drug-likeness (QED) is 0.258. The lowest BCUT2D eigenvalue weighted by Gasteiger charge is -2.22. The van der Waals surface area contributed by atoms with E-state index in [9.17, 15) is 0 Å². The molecule has 1 aromatic carbocycles. The molecule has 1 fully saturated rings. The van der Waals surface area contributed by atoms with Gasteiger partial charge < -0.3 is 19.7 Å². The Morgan fingerprint density at radius 3 is 2.73 bits per heavy atom. The van der Waals surface area contributed by atoms with E-state index in [0.29, 0.717) is 25.0 Å². The van der Waals surface area contributed by atoms with Crippen LogP contribution in [0.3, 0.4) is 0 Å². The number of benzene rings is 1. The van der Waals surface area contributed by atoms with Crippen LogP contribution in [0.25, 0.3) is 0 Å². The van der Waals surface area contributed by atoms with Gasteiger partial charge in [-0.3, -0.25) is 4.99 Å². The lowest BCUT2D eigenvalue weighted by Crippen LogP contribution is -2.41. The number of halogens is 1. The number of hydrogen-bond donors (Lipinski definition) is 1. The normalized spacial score (nSPS) is 17.5. The number of ether oxygens (including phenoxy) is 2. The van der Waals surface area contributed by atoms with E-state index < -0.39 is 0 Å². The number of rotatable bonds is 9. The molecule has 5 nitrogen and oxygen atoms in total. The first kappa shape index (κ1) is 23.2. The minimum atomic E-state index is 0. The number of nitrogens with zero attached hydrogens (tertiary/aromatic N) is 2. The fraction of sp³-hybridized carbons (Fsp3) is 0.650. The molecule has 1 heterocycles. The molecule has 1 saturated heterocycles. The summed E-state index contributed by atoms with van der Waals surface area (Å²) in [4.78, 5) is 6.72. The third-order valence-electron chi connectivity index (χ3n) is 4.24. The number of aliphatic imine (C=N–C) groups is 1. The molecule has 0 saturated carbocycles. The fourth-order valence-corrected chi connectivity index (χ4v) is 2.97. The molecule has 6 heteroatoms. The van der Waals surface area contributed by atoms with Crippen molar-refractivity contribution in [1.29, 1.82) is 0 Å².